The van der Waals surface area contributed by atoms with Crippen LogP contribution in [-0.2, 0) is 6.54 Å². The molecule has 0 fully saturated rings. The number of carboxylic acids is 1. The third-order valence-corrected chi connectivity index (χ3v) is 7.28. The number of thioether (sulfide) groups is 1. The number of carboxylic acid groups (broad SMARTS) is 1. The van der Waals surface area contributed by atoms with E-state index < -0.39 is 5.97 Å². The van der Waals surface area contributed by atoms with E-state index in [1.807, 2.05) is 42.5 Å². The van der Waals surface area contributed by atoms with Crippen LogP contribution in [0.1, 0.15) is 34.8 Å². The molecule has 1 aliphatic heterocycles. The van der Waals surface area contributed by atoms with Crippen molar-refractivity contribution in [2.24, 2.45) is 4.99 Å². The Kier molecular flexibility index (Phi) is 6.84. The largest absolute Gasteiger partial charge is 0.478 e. The molecule has 160 valence electrons. The summed E-state index contributed by atoms with van der Waals surface area (Å²) >= 11 is 3.26. The minimum atomic E-state index is -0.948. The molecule has 1 aliphatic rings. The molecule has 0 atom stereocenters. The molecule has 1 heterocycles. The van der Waals surface area contributed by atoms with Crippen LogP contribution in [0.2, 0.25) is 0 Å². The quantitative estimate of drug-likeness (QED) is 0.420. The molecule has 0 saturated heterocycles. The van der Waals surface area contributed by atoms with Gasteiger partial charge in [-0.15, -0.1) is 0 Å². The minimum Gasteiger partial charge on any atom is -0.478 e. The van der Waals surface area contributed by atoms with Gasteiger partial charge < -0.3 is 5.11 Å². The number of rotatable bonds is 6. The maximum atomic E-state index is 11.3. The van der Waals surface area contributed by atoms with Gasteiger partial charge in [0.15, 0.2) is 5.17 Å². The van der Waals surface area contributed by atoms with E-state index in [9.17, 15) is 15.2 Å². The highest BCUT2D eigenvalue weighted by molar-refractivity contribution is 8.15. The van der Waals surface area contributed by atoms with Gasteiger partial charge in [-0.2, -0.15) is 5.26 Å². The van der Waals surface area contributed by atoms with E-state index in [4.69, 9.17) is 4.99 Å². The lowest BCUT2D eigenvalue weighted by Crippen LogP contribution is -2.23. The number of aliphatic imine (C=N–C) groups is 1. The van der Waals surface area contributed by atoms with Gasteiger partial charge in [0.25, 0.3) is 0 Å². The number of hydrogen-bond donors (Lipinski definition) is 1. The number of hydrogen-bond acceptors (Lipinski definition) is 6. The monoisotopic (exact) mass is 459 g/mol. The predicted molar refractivity (Wildman–Crippen MR) is 131 cm³/mol. The first-order valence-corrected chi connectivity index (χ1v) is 12.0. The molecule has 0 unspecified atom stereocenters. The fourth-order valence-electron chi connectivity index (χ4n) is 3.32. The Labute approximate surface area is 195 Å². The van der Waals surface area contributed by atoms with E-state index >= 15 is 0 Å². The number of aromatic carboxylic acids is 1. The molecule has 0 aromatic heterocycles. The Morgan fingerprint density at radius 2 is 1.94 bits per heavy atom. The van der Waals surface area contributed by atoms with Crippen LogP contribution in [0.25, 0.3) is 11.1 Å². The summed E-state index contributed by atoms with van der Waals surface area (Å²) in [5.41, 5.74) is 4.68. The van der Waals surface area contributed by atoms with Gasteiger partial charge in [-0.1, -0.05) is 61.2 Å². The van der Waals surface area contributed by atoms with Crippen molar-refractivity contribution in [3.63, 3.8) is 0 Å². The van der Waals surface area contributed by atoms with Gasteiger partial charge in [0.05, 0.1) is 34.3 Å². The zero-order valence-electron chi connectivity index (χ0n) is 17.5. The van der Waals surface area contributed by atoms with E-state index in [0.717, 1.165) is 38.9 Å². The number of fused-ring (bicyclic) bond motifs is 1. The summed E-state index contributed by atoms with van der Waals surface area (Å²) in [7, 11) is 0. The molecular weight excluding hydrogens is 438 g/mol. The number of nitrogens with zero attached hydrogens (tertiary/aromatic N) is 3. The first-order valence-electron chi connectivity index (χ1n) is 10.2. The van der Waals surface area contributed by atoms with Gasteiger partial charge in [-0.25, -0.2) is 9.79 Å². The van der Waals surface area contributed by atoms with Crippen molar-refractivity contribution in [1.29, 1.82) is 5.26 Å². The number of nitriles is 1. The van der Waals surface area contributed by atoms with Crippen LogP contribution >= 0.6 is 23.7 Å². The topological polar surface area (TPSA) is 76.7 Å². The van der Waals surface area contributed by atoms with E-state index in [0.29, 0.717) is 17.8 Å². The highest BCUT2D eigenvalue weighted by atomic mass is 32.2. The van der Waals surface area contributed by atoms with Crippen LogP contribution in [-0.4, -0.2) is 26.3 Å². The number of carbonyl (C=O) groups is 1. The third-order valence-electron chi connectivity index (χ3n) is 4.92. The average molecular weight is 460 g/mol. The molecule has 0 bridgehead atoms. The summed E-state index contributed by atoms with van der Waals surface area (Å²) in [6.45, 7) is 2.79. The molecule has 0 spiro atoms. The first kappa shape index (κ1) is 22.0. The van der Waals surface area contributed by atoms with Crippen molar-refractivity contribution >= 4 is 40.5 Å². The highest BCUT2D eigenvalue weighted by Crippen LogP contribution is 2.41. The molecule has 0 saturated carbocycles. The van der Waals surface area contributed by atoms with Gasteiger partial charge in [0.1, 0.15) is 0 Å². The van der Waals surface area contributed by atoms with Crippen molar-refractivity contribution in [3.8, 4) is 17.2 Å². The fourth-order valence-corrected chi connectivity index (χ4v) is 5.24. The Balaban J connectivity index is 1.58. The van der Waals surface area contributed by atoms with E-state index in [1.54, 1.807) is 35.8 Å². The standard InChI is InChI=1S/C25H21N3O2S2/c1-2-13-31-25-27-22-14-19(24(29)30)11-12-23(22)32-28(25)16-17-7-9-18(10-8-17)21-6-4-3-5-20(21)15-26/h3-12,14H,2,13,16H2,1H3,(H,29,30). The normalized spacial score (nSPS) is 12.6. The summed E-state index contributed by atoms with van der Waals surface area (Å²) in [5.74, 6) is -0.00969. The zero-order chi connectivity index (χ0) is 22.5. The molecule has 0 radical (unpaired) electrons. The van der Waals surface area contributed by atoms with Crippen LogP contribution in [0.4, 0.5) is 5.69 Å². The van der Waals surface area contributed by atoms with Gasteiger partial charge in [0.2, 0.25) is 0 Å². The summed E-state index contributed by atoms with van der Waals surface area (Å²) in [4.78, 5) is 17.0. The molecule has 4 rings (SSSR count). The smallest absolute Gasteiger partial charge is 0.335 e. The highest BCUT2D eigenvalue weighted by Gasteiger charge is 2.23. The SMILES string of the molecule is CCCSC1=Nc2cc(C(=O)O)ccc2SN1Cc1ccc(-c2ccccc2C#N)cc1. The van der Waals surface area contributed by atoms with Crippen LogP contribution in [0.15, 0.2) is 76.6 Å². The first-order chi connectivity index (χ1) is 15.6. The Morgan fingerprint density at radius 1 is 1.16 bits per heavy atom. The summed E-state index contributed by atoms with van der Waals surface area (Å²) in [5, 5.41) is 19.5. The molecule has 5 nitrogen and oxygen atoms in total. The van der Waals surface area contributed by atoms with Crippen molar-refractivity contribution in [1.82, 2.24) is 4.31 Å². The summed E-state index contributed by atoms with van der Waals surface area (Å²) in [6, 6.07) is 23.2. The Morgan fingerprint density at radius 3 is 2.66 bits per heavy atom. The van der Waals surface area contributed by atoms with Gasteiger partial charge >= 0.3 is 5.97 Å². The zero-order valence-corrected chi connectivity index (χ0v) is 19.1. The third kappa shape index (κ3) is 4.82. The molecular formula is C25H21N3O2S2. The van der Waals surface area contributed by atoms with E-state index in [2.05, 4.69) is 29.4 Å². The van der Waals surface area contributed by atoms with Gasteiger partial charge in [-0.3, -0.25) is 4.31 Å². The second-order valence-corrected chi connectivity index (χ2v) is 9.34. The van der Waals surface area contributed by atoms with Crippen LogP contribution in [0, 0.1) is 11.3 Å². The second kappa shape index (κ2) is 9.94. The average Bonchev–Trinajstić information content (AvgIpc) is 2.82. The van der Waals surface area contributed by atoms with Crippen molar-refractivity contribution in [2.45, 2.75) is 24.8 Å². The molecule has 3 aromatic rings. The number of benzene rings is 3. The van der Waals surface area contributed by atoms with Crippen molar-refractivity contribution < 1.29 is 9.90 Å². The van der Waals surface area contributed by atoms with Crippen LogP contribution in [0.3, 0.4) is 0 Å². The molecule has 32 heavy (non-hydrogen) atoms. The van der Waals surface area contributed by atoms with Gasteiger partial charge in [0, 0.05) is 5.75 Å². The molecule has 0 aliphatic carbocycles. The fraction of sp³-hybridized carbons (Fsp3) is 0.160. The van der Waals surface area contributed by atoms with Crippen molar-refractivity contribution in [3.05, 3.63) is 83.4 Å². The minimum absolute atomic E-state index is 0.245. The van der Waals surface area contributed by atoms with Crippen molar-refractivity contribution in [2.75, 3.05) is 5.75 Å². The number of amidine groups is 1. The van der Waals surface area contributed by atoms with Crippen LogP contribution in [0.5, 0.6) is 0 Å². The lowest BCUT2D eigenvalue weighted by atomic mass is 9.99. The summed E-state index contributed by atoms with van der Waals surface area (Å²) < 4.78 is 2.15. The second-order valence-electron chi connectivity index (χ2n) is 7.21. The maximum absolute atomic E-state index is 11.3. The van der Waals surface area contributed by atoms with E-state index in [1.165, 1.54) is 0 Å². The maximum Gasteiger partial charge on any atom is 0.335 e. The Bertz CT molecular complexity index is 1220. The van der Waals surface area contributed by atoms with Crippen LogP contribution < -0.4 is 0 Å². The lowest BCUT2D eigenvalue weighted by Gasteiger charge is -2.28. The van der Waals surface area contributed by atoms with E-state index in [-0.39, 0.29) is 5.56 Å². The Hall–Kier alpha value is -3.21. The predicted octanol–water partition coefficient (Wildman–Crippen LogP) is 6.58. The lowest BCUT2D eigenvalue weighted by molar-refractivity contribution is 0.0697. The molecule has 3 aromatic carbocycles. The molecule has 0 amide bonds. The molecule has 7 heteroatoms. The molecule has 1 N–H and O–H groups in total. The van der Waals surface area contributed by atoms with Gasteiger partial charge in [-0.05, 0) is 59.3 Å². The summed E-state index contributed by atoms with van der Waals surface area (Å²) in [6.07, 6.45) is 1.03.